The van der Waals surface area contributed by atoms with E-state index < -0.39 is 23.8 Å². The first-order chi connectivity index (χ1) is 18.4. The van der Waals surface area contributed by atoms with Crippen molar-refractivity contribution in [2.75, 3.05) is 6.54 Å². The van der Waals surface area contributed by atoms with Gasteiger partial charge in [0.15, 0.2) is 0 Å². The summed E-state index contributed by atoms with van der Waals surface area (Å²) >= 11 is 0. The van der Waals surface area contributed by atoms with Crippen LogP contribution in [0.5, 0.6) is 5.75 Å². The molecule has 3 N–H and O–H groups in total. The molecule has 0 saturated heterocycles. The third-order valence-corrected chi connectivity index (χ3v) is 7.22. The molecule has 1 saturated carbocycles. The molecule has 0 aliphatic heterocycles. The van der Waals surface area contributed by atoms with Crippen LogP contribution in [-0.2, 0) is 14.3 Å². The molecule has 0 bridgehead atoms. The van der Waals surface area contributed by atoms with Gasteiger partial charge in [-0.15, -0.1) is 0 Å². The Labute approximate surface area is 235 Å². The number of para-hydroxylation sites is 1. The van der Waals surface area contributed by atoms with Crippen LogP contribution >= 0.6 is 0 Å². The van der Waals surface area contributed by atoms with E-state index in [2.05, 4.69) is 17.6 Å². The number of phenolic OH excluding ortho intramolecular Hbond substituents is 1. The predicted molar refractivity (Wildman–Crippen MR) is 154 cm³/mol. The summed E-state index contributed by atoms with van der Waals surface area (Å²) in [5, 5.41) is 17.0. The zero-order valence-corrected chi connectivity index (χ0v) is 25.1. The first-order valence-corrected chi connectivity index (χ1v) is 14.7. The van der Waals surface area contributed by atoms with E-state index in [1.165, 1.54) is 0 Å². The maximum absolute atomic E-state index is 14.3. The Morgan fingerprint density at radius 3 is 2.33 bits per heavy atom. The normalized spacial score (nSPS) is 15.9. The number of hydrogen-bond acceptors (Lipinski definition) is 5. The number of aryl methyl sites for hydroxylation is 1. The zero-order chi connectivity index (χ0) is 29.2. The molecule has 39 heavy (non-hydrogen) atoms. The van der Waals surface area contributed by atoms with Gasteiger partial charge in [-0.1, -0.05) is 77.5 Å². The number of benzene rings is 1. The van der Waals surface area contributed by atoms with Crippen molar-refractivity contribution in [3.8, 4) is 5.75 Å². The van der Waals surface area contributed by atoms with Crippen LogP contribution in [0.25, 0.3) is 0 Å². The summed E-state index contributed by atoms with van der Waals surface area (Å²) in [6.07, 6.45) is 8.05. The van der Waals surface area contributed by atoms with E-state index in [4.69, 9.17) is 4.74 Å². The molecule has 2 atom stereocenters. The van der Waals surface area contributed by atoms with Crippen LogP contribution in [-0.4, -0.2) is 52.1 Å². The molecule has 0 heterocycles. The molecule has 0 spiro atoms. The molecule has 8 nitrogen and oxygen atoms in total. The second kappa shape index (κ2) is 15.1. The number of amides is 3. The number of rotatable bonds is 12. The van der Waals surface area contributed by atoms with Gasteiger partial charge in [0.1, 0.15) is 23.4 Å². The monoisotopic (exact) mass is 545 g/mol. The van der Waals surface area contributed by atoms with E-state index in [1.807, 2.05) is 13.8 Å². The van der Waals surface area contributed by atoms with Crippen molar-refractivity contribution in [2.45, 2.75) is 130 Å². The van der Waals surface area contributed by atoms with Crippen molar-refractivity contribution in [3.05, 3.63) is 29.3 Å². The minimum Gasteiger partial charge on any atom is -0.507 e. The number of ether oxygens (including phenoxy) is 1. The Morgan fingerprint density at radius 2 is 1.74 bits per heavy atom. The van der Waals surface area contributed by atoms with Crippen molar-refractivity contribution in [1.29, 1.82) is 0 Å². The fraction of sp³-hybridized carbons (Fsp3) is 0.710. The van der Waals surface area contributed by atoms with Crippen LogP contribution in [0.3, 0.4) is 0 Å². The molecule has 8 heteroatoms. The number of carbonyl (C=O) groups excluding carboxylic acids is 3. The van der Waals surface area contributed by atoms with Crippen LogP contribution in [0, 0.1) is 12.8 Å². The van der Waals surface area contributed by atoms with Crippen LogP contribution < -0.4 is 10.6 Å². The molecular formula is C31H51N3O5. The SMILES string of the molecule is CCCCCCN(C(=O)C(NC(=O)OC(C)(C)C)C(C)C)C(C(=O)NC1CCCCC1)c1cccc(C)c1O. The van der Waals surface area contributed by atoms with Crippen molar-refractivity contribution < 1.29 is 24.2 Å². The highest BCUT2D eigenvalue weighted by Gasteiger charge is 2.39. The van der Waals surface area contributed by atoms with Gasteiger partial charge in [0.25, 0.3) is 0 Å². The molecule has 2 rings (SSSR count). The van der Waals surface area contributed by atoms with Crippen LogP contribution in [0.1, 0.15) is 116 Å². The van der Waals surface area contributed by atoms with Crippen molar-refractivity contribution in [3.63, 3.8) is 0 Å². The highest BCUT2D eigenvalue weighted by Crippen LogP contribution is 2.33. The average Bonchev–Trinajstić information content (AvgIpc) is 2.85. The molecule has 1 aromatic rings. The van der Waals surface area contributed by atoms with Gasteiger partial charge in [-0.3, -0.25) is 9.59 Å². The lowest BCUT2D eigenvalue weighted by Gasteiger charge is -2.37. The Hall–Kier alpha value is -2.77. The van der Waals surface area contributed by atoms with Crippen LogP contribution in [0.4, 0.5) is 4.79 Å². The standard InChI is InChI=1S/C31H51N3O5/c1-8-9-10-14-20-34(29(37)25(21(2)3)33-30(38)39-31(5,6)7)26(24-19-15-16-22(4)27(24)35)28(36)32-23-17-12-11-13-18-23/h15-16,19,21,23,25-26,35H,8-14,17-18,20H2,1-7H3,(H,32,36)(H,33,38). The molecule has 0 radical (unpaired) electrons. The predicted octanol–water partition coefficient (Wildman–Crippen LogP) is 6.15. The first-order valence-electron chi connectivity index (χ1n) is 14.7. The summed E-state index contributed by atoms with van der Waals surface area (Å²) < 4.78 is 5.45. The minimum atomic E-state index is -1.03. The van der Waals surface area contributed by atoms with Crippen LogP contribution in [0.2, 0.25) is 0 Å². The quantitative estimate of drug-likeness (QED) is 0.273. The van der Waals surface area contributed by atoms with Crippen molar-refractivity contribution in [2.24, 2.45) is 5.92 Å². The smallest absolute Gasteiger partial charge is 0.408 e. The summed E-state index contributed by atoms with van der Waals surface area (Å²) in [5.41, 5.74) is 0.310. The third-order valence-electron chi connectivity index (χ3n) is 7.22. The van der Waals surface area contributed by atoms with Crippen LogP contribution in [0.15, 0.2) is 18.2 Å². The van der Waals surface area contributed by atoms with E-state index in [-0.39, 0.29) is 29.5 Å². The number of hydrogen-bond donors (Lipinski definition) is 3. The Bertz CT molecular complexity index is 950. The summed E-state index contributed by atoms with van der Waals surface area (Å²) in [7, 11) is 0. The zero-order valence-electron chi connectivity index (χ0n) is 25.1. The summed E-state index contributed by atoms with van der Waals surface area (Å²) in [4.78, 5) is 42.5. The summed E-state index contributed by atoms with van der Waals surface area (Å²) in [5.74, 6) is -0.909. The second-order valence-corrected chi connectivity index (χ2v) is 12.2. The molecule has 220 valence electrons. The lowest BCUT2D eigenvalue weighted by Crippen LogP contribution is -2.55. The van der Waals surface area contributed by atoms with Gasteiger partial charge in [0.2, 0.25) is 11.8 Å². The molecule has 3 amide bonds. The molecule has 1 aliphatic rings. The number of nitrogens with one attached hydrogen (secondary N) is 2. The molecule has 1 aromatic carbocycles. The van der Waals surface area contributed by atoms with Gasteiger partial charge in [-0.2, -0.15) is 0 Å². The average molecular weight is 546 g/mol. The molecular weight excluding hydrogens is 494 g/mol. The topological polar surface area (TPSA) is 108 Å². The van der Waals surface area contributed by atoms with Gasteiger partial charge in [0, 0.05) is 18.2 Å². The Kier molecular flexibility index (Phi) is 12.6. The molecule has 0 aromatic heterocycles. The van der Waals surface area contributed by atoms with Gasteiger partial charge in [0.05, 0.1) is 0 Å². The Morgan fingerprint density at radius 1 is 1.08 bits per heavy atom. The lowest BCUT2D eigenvalue weighted by molar-refractivity contribution is -0.143. The summed E-state index contributed by atoms with van der Waals surface area (Å²) in [6.45, 7) is 13.2. The highest BCUT2D eigenvalue weighted by atomic mass is 16.6. The molecule has 1 aliphatic carbocycles. The van der Waals surface area contributed by atoms with E-state index in [0.717, 1.165) is 51.4 Å². The largest absolute Gasteiger partial charge is 0.507 e. The van der Waals surface area contributed by atoms with E-state index in [0.29, 0.717) is 24.1 Å². The minimum absolute atomic E-state index is 0.00820. The van der Waals surface area contributed by atoms with Gasteiger partial charge < -0.3 is 25.4 Å². The highest BCUT2D eigenvalue weighted by molar-refractivity contribution is 5.92. The summed E-state index contributed by atoms with van der Waals surface area (Å²) in [6, 6.07) is 3.41. The third kappa shape index (κ3) is 10.0. The van der Waals surface area contributed by atoms with Gasteiger partial charge in [-0.25, -0.2) is 4.79 Å². The number of phenols is 1. The van der Waals surface area contributed by atoms with Gasteiger partial charge in [-0.05, 0) is 58.4 Å². The maximum Gasteiger partial charge on any atom is 0.408 e. The first kappa shape index (κ1) is 32.4. The molecule has 1 fully saturated rings. The number of alkyl carbamates (subject to hydrolysis) is 1. The Balaban J connectivity index is 2.50. The van der Waals surface area contributed by atoms with E-state index >= 15 is 0 Å². The maximum atomic E-state index is 14.3. The number of aromatic hydroxyl groups is 1. The molecule has 2 unspecified atom stereocenters. The van der Waals surface area contributed by atoms with Crippen molar-refractivity contribution in [1.82, 2.24) is 15.5 Å². The number of carbonyl (C=O) groups is 3. The van der Waals surface area contributed by atoms with E-state index in [9.17, 15) is 19.5 Å². The fourth-order valence-corrected chi connectivity index (χ4v) is 5.08. The fourth-order valence-electron chi connectivity index (χ4n) is 5.08. The number of nitrogens with zero attached hydrogens (tertiary/aromatic N) is 1. The number of unbranched alkanes of at least 4 members (excludes halogenated alkanes) is 3. The lowest BCUT2D eigenvalue weighted by atomic mass is 9.93. The second-order valence-electron chi connectivity index (χ2n) is 12.2. The van der Waals surface area contributed by atoms with Crippen molar-refractivity contribution >= 4 is 17.9 Å². The van der Waals surface area contributed by atoms with E-state index in [1.54, 1.807) is 50.8 Å². The van der Waals surface area contributed by atoms with Gasteiger partial charge >= 0.3 is 6.09 Å².